The summed E-state index contributed by atoms with van der Waals surface area (Å²) in [5.74, 6) is 5.28. The molecule has 1 aromatic rings. The van der Waals surface area contributed by atoms with E-state index < -0.39 is 0 Å². The highest BCUT2D eigenvalue weighted by Gasteiger charge is 2.57. The second-order valence-corrected chi connectivity index (χ2v) is 12.1. The van der Waals surface area contributed by atoms with E-state index in [1.807, 2.05) is 20.3 Å². The Hall–Kier alpha value is -1.62. The molecule has 1 heterocycles. The Balaban J connectivity index is 1.20. The van der Waals surface area contributed by atoms with E-state index in [0.717, 1.165) is 54.0 Å². The van der Waals surface area contributed by atoms with E-state index in [0.29, 0.717) is 23.9 Å². The molecule has 3 fully saturated rings. The molecule has 0 radical (unpaired) electrons. The van der Waals surface area contributed by atoms with E-state index in [1.165, 1.54) is 44.9 Å². The van der Waals surface area contributed by atoms with Gasteiger partial charge in [-0.25, -0.2) is 4.98 Å². The van der Waals surface area contributed by atoms with E-state index in [9.17, 15) is 0 Å². The first-order valence-corrected chi connectivity index (χ1v) is 13.3. The van der Waals surface area contributed by atoms with Gasteiger partial charge < -0.3 is 14.2 Å². The lowest BCUT2D eigenvalue weighted by Crippen LogP contribution is -2.50. The SMILES string of the molecule is C[C@H]1CCC2C3CCC4=CC(=NOCCc5ncc(CN(C)C)o5)CC[C@]4(C)C3CC[C@@]21C. The molecule has 1 aromatic heterocycles. The minimum atomic E-state index is 0.371. The quantitative estimate of drug-likeness (QED) is 0.377. The third-order valence-electron chi connectivity index (χ3n) is 10.1. The fourth-order valence-corrected chi connectivity index (χ4v) is 8.02. The Labute approximate surface area is 200 Å². The molecule has 0 aromatic carbocycles. The second-order valence-electron chi connectivity index (χ2n) is 12.1. The normalized spacial score (nSPS) is 39.2. The summed E-state index contributed by atoms with van der Waals surface area (Å²) in [5, 5.41) is 4.52. The highest BCUT2D eigenvalue weighted by molar-refractivity contribution is 5.96. The molecule has 0 amide bonds. The first-order valence-electron chi connectivity index (χ1n) is 13.3. The van der Waals surface area contributed by atoms with Crippen molar-refractivity contribution in [1.29, 1.82) is 0 Å². The van der Waals surface area contributed by atoms with Crippen molar-refractivity contribution in [3.05, 3.63) is 29.5 Å². The molecule has 33 heavy (non-hydrogen) atoms. The Morgan fingerprint density at radius 2 is 1.97 bits per heavy atom. The summed E-state index contributed by atoms with van der Waals surface area (Å²) in [6.07, 6.45) is 15.5. The molecule has 0 aliphatic heterocycles. The molecule has 3 unspecified atom stereocenters. The van der Waals surface area contributed by atoms with Crippen molar-refractivity contribution in [2.75, 3.05) is 20.7 Å². The monoisotopic (exact) mass is 453 g/mol. The van der Waals surface area contributed by atoms with Crippen molar-refractivity contribution in [3.63, 3.8) is 0 Å². The maximum absolute atomic E-state index is 5.77. The molecule has 5 nitrogen and oxygen atoms in total. The zero-order chi connectivity index (χ0) is 23.2. The summed E-state index contributed by atoms with van der Waals surface area (Å²) in [7, 11) is 4.05. The van der Waals surface area contributed by atoms with Gasteiger partial charge in [0.15, 0.2) is 5.89 Å². The van der Waals surface area contributed by atoms with Gasteiger partial charge in [0.05, 0.1) is 24.9 Å². The van der Waals surface area contributed by atoms with E-state index in [2.05, 4.69) is 41.9 Å². The fraction of sp³-hybridized carbons (Fsp3) is 0.786. The van der Waals surface area contributed by atoms with Crippen LogP contribution < -0.4 is 0 Å². The van der Waals surface area contributed by atoms with Crippen molar-refractivity contribution in [2.24, 2.45) is 39.7 Å². The summed E-state index contributed by atoms with van der Waals surface area (Å²) in [6, 6.07) is 0. The molecule has 0 spiro atoms. The van der Waals surface area contributed by atoms with Crippen molar-refractivity contribution in [1.82, 2.24) is 9.88 Å². The number of fused-ring (bicyclic) bond motifs is 5. The van der Waals surface area contributed by atoms with E-state index in [4.69, 9.17) is 9.25 Å². The number of oxazole rings is 1. The third kappa shape index (κ3) is 4.19. The number of hydrogen-bond donors (Lipinski definition) is 0. The zero-order valence-corrected chi connectivity index (χ0v) is 21.4. The summed E-state index contributed by atoms with van der Waals surface area (Å²) in [4.78, 5) is 12.1. The van der Waals surface area contributed by atoms with Gasteiger partial charge in [-0.1, -0.05) is 31.5 Å². The van der Waals surface area contributed by atoms with Crippen LogP contribution in [0.2, 0.25) is 0 Å². The molecule has 4 aliphatic rings. The second kappa shape index (κ2) is 8.87. The van der Waals surface area contributed by atoms with Crippen molar-refractivity contribution < 1.29 is 9.25 Å². The van der Waals surface area contributed by atoms with E-state index in [1.54, 1.807) is 5.57 Å². The lowest BCUT2D eigenvalue weighted by molar-refractivity contribution is -0.0465. The van der Waals surface area contributed by atoms with Gasteiger partial charge in [-0.2, -0.15) is 0 Å². The van der Waals surface area contributed by atoms with Crippen molar-refractivity contribution in [3.8, 4) is 0 Å². The van der Waals surface area contributed by atoms with Crippen LogP contribution in [0.3, 0.4) is 0 Å². The van der Waals surface area contributed by atoms with Crippen LogP contribution in [0.5, 0.6) is 0 Å². The fourth-order valence-electron chi connectivity index (χ4n) is 8.02. The lowest BCUT2D eigenvalue weighted by atomic mass is 9.47. The highest BCUT2D eigenvalue weighted by Crippen LogP contribution is 2.66. The molecule has 5 heteroatoms. The van der Waals surface area contributed by atoms with Gasteiger partial charge in [-0.3, -0.25) is 0 Å². The van der Waals surface area contributed by atoms with Crippen molar-refractivity contribution >= 4 is 5.71 Å². The number of aromatic nitrogens is 1. The van der Waals surface area contributed by atoms with Crippen LogP contribution >= 0.6 is 0 Å². The third-order valence-corrected chi connectivity index (χ3v) is 10.1. The summed E-state index contributed by atoms with van der Waals surface area (Å²) >= 11 is 0. The molecule has 6 atom stereocenters. The molecular formula is C28H43N3O2. The smallest absolute Gasteiger partial charge is 0.197 e. The van der Waals surface area contributed by atoms with Crippen LogP contribution in [-0.2, 0) is 17.8 Å². The zero-order valence-electron chi connectivity index (χ0n) is 21.4. The van der Waals surface area contributed by atoms with Crippen LogP contribution in [-0.4, -0.2) is 36.3 Å². The number of oxime groups is 1. The van der Waals surface area contributed by atoms with Crippen LogP contribution in [0.1, 0.15) is 83.8 Å². The molecule has 4 aliphatic carbocycles. The van der Waals surface area contributed by atoms with Crippen LogP contribution in [0.4, 0.5) is 0 Å². The number of hydrogen-bond acceptors (Lipinski definition) is 5. The molecule has 0 saturated heterocycles. The van der Waals surface area contributed by atoms with Gasteiger partial charge in [-0.05, 0) is 106 Å². The van der Waals surface area contributed by atoms with E-state index >= 15 is 0 Å². The molecule has 182 valence electrons. The molecule has 5 rings (SSSR count). The van der Waals surface area contributed by atoms with Gasteiger partial charge in [0, 0.05) is 0 Å². The Kier molecular flexibility index (Phi) is 6.22. The predicted octanol–water partition coefficient (Wildman–Crippen LogP) is 6.25. The van der Waals surface area contributed by atoms with Crippen LogP contribution in [0.15, 0.2) is 27.4 Å². The average Bonchev–Trinajstić information content (AvgIpc) is 3.34. The Morgan fingerprint density at radius 3 is 2.79 bits per heavy atom. The Bertz CT molecular complexity index is 918. The minimum Gasteiger partial charge on any atom is -0.444 e. The minimum absolute atomic E-state index is 0.371. The van der Waals surface area contributed by atoms with Gasteiger partial charge in [-0.15, -0.1) is 0 Å². The van der Waals surface area contributed by atoms with Crippen LogP contribution in [0.25, 0.3) is 0 Å². The summed E-state index contributed by atoms with van der Waals surface area (Å²) < 4.78 is 5.77. The van der Waals surface area contributed by atoms with Gasteiger partial charge in [0.25, 0.3) is 0 Å². The van der Waals surface area contributed by atoms with Crippen molar-refractivity contribution in [2.45, 2.75) is 85.1 Å². The standard InChI is InChI=1S/C28H43N3O2/c1-19-6-9-24-23-8-7-20-16-21(10-13-28(20,3)25(23)11-14-27(19,24)2)30-32-15-12-26-29-17-22(33-26)18-31(4)5/h16-17,19,23-25H,6-15,18H2,1-5H3/t19-,23?,24?,25?,27+,28-/m0/s1. The largest absolute Gasteiger partial charge is 0.444 e. The molecule has 0 bridgehead atoms. The molecule has 0 N–H and O–H groups in total. The molecule has 3 saturated carbocycles. The first kappa shape index (κ1) is 23.1. The maximum atomic E-state index is 5.77. The topological polar surface area (TPSA) is 50.9 Å². The first-order chi connectivity index (χ1) is 15.8. The predicted molar refractivity (Wildman–Crippen MR) is 132 cm³/mol. The van der Waals surface area contributed by atoms with E-state index in [-0.39, 0.29) is 0 Å². The van der Waals surface area contributed by atoms with Gasteiger partial charge >= 0.3 is 0 Å². The van der Waals surface area contributed by atoms with Crippen LogP contribution in [0, 0.1) is 34.5 Å². The Morgan fingerprint density at radius 1 is 1.12 bits per heavy atom. The number of rotatable bonds is 6. The van der Waals surface area contributed by atoms with Gasteiger partial charge in [0.1, 0.15) is 12.4 Å². The summed E-state index contributed by atoms with van der Waals surface area (Å²) in [5.41, 5.74) is 3.74. The number of allylic oxidation sites excluding steroid dienone is 2. The summed E-state index contributed by atoms with van der Waals surface area (Å²) in [6.45, 7) is 8.98. The molecular weight excluding hydrogens is 410 g/mol. The number of nitrogens with zero attached hydrogens (tertiary/aromatic N) is 3. The van der Waals surface area contributed by atoms with Gasteiger partial charge in [0.2, 0.25) is 0 Å². The maximum Gasteiger partial charge on any atom is 0.197 e. The lowest BCUT2D eigenvalue weighted by Gasteiger charge is -2.58. The average molecular weight is 454 g/mol. The highest BCUT2D eigenvalue weighted by atomic mass is 16.6.